The average Bonchev–Trinajstić information content (AvgIpc) is 2.77. The van der Waals surface area contributed by atoms with E-state index in [2.05, 4.69) is 14.8 Å². The summed E-state index contributed by atoms with van der Waals surface area (Å²) in [6.45, 7) is 3.20. The fourth-order valence-corrected chi connectivity index (χ4v) is 2.99. The van der Waals surface area contributed by atoms with E-state index in [1.165, 1.54) is 6.20 Å². The summed E-state index contributed by atoms with van der Waals surface area (Å²) >= 11 is 0. The number of fused-ring (bicyclic) bond motifs is 1. The van der Waals surface area contributed by atoms with Crippen molar-refractivity contribution < 1.29 is 17.9 Å². The molecule has 0 aliphatic heterocycles. The lowest BCUT2D eigenvalue weighted by Gasteiger charge is -2.07. The van der Waals surface area contributed by atoms with Crippen molar-refractivity contribution in [3.05, 3.63) is 18.0 Å². The van der Waals surface area contributed by atoms with E-state index in [0.29, 0.717) is 18.9 Å². The Labute approximate surface area is 129 Å². The highest BCUT2D eigenvalue weighted by Crippen LogP contribution is 2.18. The molecule has 0 radical (unpaired) electrons. The van der Waals surface area contributed by atoms with Gasteiger partial charge in [0.25, 0.3) is 0 Å². The van der Waals surface area contributed by atoms with Gasteiger partial charge in [0.2, 0.25) is 10.0 Å². The van der Waals surface area contributed by atoms with Crippen LogP contribution in [0.15, 0.2) is 17.2 Å². The molecule has 0 spiro atoms. The number of aromatic nitrogens is 3. The maximum absolute atomic E-state index is 12.2. The number of nitrogens with one attached hydrogen (secondary N) is 1. The molecule has 0 aliphatic rings. The first kappa shape index (κ1) is 16.8. The second kappa shape index (κ2) is 7.14. The van der Waals surface area contributed by atoms with Gasteiger partial charge in [0.1, 0.15) is 4.90 Å². The number of nitrogens with zero attached hydrogens (tertiary/aromatic N) is 3. The van der Waals surface area contributed by atoms with Gasteiger partial charge in [0.05, 0.1) is 25.5 Å². The van der Waals surface area contributed by atoms with Gasteiger partial charge in [-0.2, -0.15) is 5.10 Å². The van der Waals surface area contributed by atoms with Crippen LogP contribution in [0.5, 0.6) is 0 Å². The first-order valence-corrected chi connectivity index (χ1v) is 8.29. The van der Waals surface area contributed by atoms with Crippen molar-refractivity contribution in [2.24, 2.45) is 7.05 Å². The van der Waals surface area contributed by atoms with Crippen LogP contribution in [0, 0.1) is 6.92 Å². The van der Waals surface area contributed by atoms with E-state index >= 15 is 0 Å². The van der Waals surface area contributed by atoms with Gasteiger partial charge in [-0.05, 0) is 13.0 Å². The lowest BCUT2D eigenvalue weighted by molar-refractivity contribution is 0.0736. The smallest absolute Gasteiger partial charge is 0.242 e. The number of hydrogen-bond donors (Lipinski definition) is 1. The molecule has 9 heteroatoms. The Kier molecular flexibility index (Phi) is 5.46. The third-order valence-electron chi connectivity index (χ3n) is 3.12. The van der Waals surface area contributed by atoms with E-state index in [1.807, 2.05) is 6.92 Å². The molecular weight excluding hydrogens is 308 g/mol. The number of pyridine rings is 1. The molecule has 0 amide bonds. The molecule has 122 valence electrons. The molecule has 0 aliphatic carbocycles. The van der Waals surface area contributed by atoms with Crippen molar-refractivity contribution in [1.29, 1.82) is 0 Å². The van der Waals surface area contributed by atoms with Gasteiger partial charge in [0, 0.05) is 32.3 Å². The molecule has 0 aromatic carbocycles. The van der Waals surface area contributed by atoms with Crippen LogP contribution in [-0.2, 0) is 26.5 Å². The van der Waals surface area contributed by atoms with Gasteiger partial charge in [-0.1, -0.05) is 0 Å². The Morgan fingerprint density at radius 1 is 1.32 bits per heavy atom. The second-order valence-electron chi connectivity index (χ2n) is 4.75. The molecule has 22 heavy (non-hydrogen) atoms. The van der Waals surface area contributed by atoms with E-state index < -0.39 is 10.0 Å². The van der Waals surface area contributed by atoms with Gasteiger partial charge >= 0.3 is 0 Å². The fraction of sp³-hybridized carbons (Fsp3) is 0.538. The molecule has 0 bridgehead atoms. The predicted molar refractivity (Wildman–Crippen MR) is 81.1 cm³/mol. The minimum absolute atomic E-state index is 0.119. The third kappa shape index (κ3) is 3.80. The Bertz CT molecular complexity index is 742. The Morgan fingerprint density at radius 3 is 2.82 bits per heavy atom. The van der Waals surface area contributed by atoms with Crippen LogP contribution in [0.25, 0.3) is 11.0 Å². The van der Waals surface area contributed by atoms with Crippen LogP contribution < -0.4 is 4.72 Å². The largest absolute Gasteiger partial charge is 0.382 e. The molecule has 2 rings (SSSR count). The normalized spacial score (nSPS) is 12.1. The van der Waals surface area contributed by atoms with Crippen molar-refractivity contribution in [3.8, 4) is 0 Å². The Morgan fingerprint density at radius 2 is 2.09 bits per heavy atom. The van der Waals surface area contributed by atoms with Crippen molar-refractivity contribution in [2.45, 2.75) is 11.8 Å². The van der Waals surface area contributed by atoms with E-state index in [1.54, 1.807) is 24.9 Å². The van der Waals surface area contributed by atoms with E-state index in [-0.39, 0.29) is 18.0 Å². The molecule has 0 atom stereocenters. The molecule has 2 heterocycles. The molecule has 1 N–H and O–H groups in total. The van der Waals surface area contributed by atoms with E-state index in [4.69, 9.17) is 9.47 Å². The van der Waals surface area contributed by atoms with Gasteiger partial charge < -0.3 is 9.47 Å². The second-order valence-corrected chi connectivity index (χ2v) is 6.52. The number of aryl methyl sites for hydroxylation is 2. The molecule has 0 saturated carbocycles. The van der Waals surface area contributed by atoms with E-state index in [9.17, 15) is 8.42 Å². The fourth-order valence-electron chi connectivity index (χ4n) is 2.01. The molecule has 0 fully saturated rings. The summed E-state index contributed by atoms with van der Waals surface area (Å²) in [4.78, 5) is 4.29. The van der Waals surface area contributed by atoms with Crippen LogP contribution in [0.4, 0.5) is 0 Å². The Balaban J connectivity index is 2.04. The van der Waals surface area contributed by atoms with Crippen molar-refractivity contribution in [1.82, 2.24) is 19.5 Å². The monoisotopic (exact) mass is 328 g/mol. The van der Waals surface area contributed by atoms with Crippen LogP contribution in [0.1, 0.15) is 5.69 Å². The summed E-state index contributed by atoms with van der Waals surface area (Å²) in [6, 6.07) is 1.58. The average molecular weight is 328 g/mol. The van der Waals surface area contributed by atoms with Crippen molar-refractivity contribution in [3.63, 3.8) is 0 Å². The molecule has 2 aromatic rings. The highest BCUT2D eigenvalue weighted by Gasteiger charge is 2.16. The van der Waals surface area contributed by atoms with Crippen molar-refractivity contribution in [2.75, 3.05) is 33.5 Å². The van der Waals surface area contributed by atoms with E-state index in [0.717, 1.165) is 11.1 Å². The minimum atomic E-state index is -3.61. The number of ether oxygens (including phenoxy) is 2. The van der Waals surface area contributed by atoms with Crippen LogP contribution in [0.2, 0.25) is 0 Å². The van der Waals surface area contributed by atoms with Gasteiger partial charge in [0.15, 0.2) is 5.65 Å². The first-order chi connectivity index (χ1) is 10.5. The summed E-state index contributed by atoms with van der Waals surface area (Å²) in [6.07, 6.45) is 1.33. The summed E-state index contributed by atoms with van der Waals surface area (Å²) in [5.41, 5.74) is 1.39. The third-order valence-corrected chi connectivity index (χ3v) is 4.55. The summed E-state index contributed by atoms with van der Waals surface area (Å²) in [5, 5.41) is 4.95. The van der Waals surface area contributed by atoms with Gasteiger partial charge in [-0.25, -0.2) is 18.1 Å². The zero-order chi connectivity index (χ0) is 16.2. The molecular formula is C13H20N4O4S. The van der Waals surface area contributed by atoms with Crippen molar-refractivity contribution >= 4 is 21.1 Å². The predicted octanol–water partition coefficient (Wildman–Crippen LogP) is 0.218. The summed E-state index contributed by atoms with van der Waals surface area (Å²) < 4.78 is 38.6. The highest BCUT2D eigenvalue weighted by atomic mass is 32.2. The number of rotatable bonds is 8. The zero-order valence-corrected chi connectivity index (χ0v) is 13.7. The summed E-state index contributed by atoms with van der Waals surface area (Å²) in [7, 11) is -0.264. The lowest BCUT2D eigenvalue weighted by atomic mass is 10.3. The van der Waals surface area contributed by atoms with Crippen LogP contribution in [0.3, 0.4) is 0 Å². The first-order valence-electron chi connectivity index (χ1n) is 6.81. The van der Waals surface area contributed by atoms with Crippen LogP contribution >= 0.6 is 0 Å². The maximum atomic E-state index is 12.2. The lowest BCUT2D eigenvalue weighted by Crippen LogP contribution is -2.28. The topological polar surface area (TPSA) is 95.3 Å². The summed E-state index contributed by atoms with van der Waals surface area (Å²) in [5.74, 6) is 0. The van der Waals surface area contributed by atoms with Gasteiger partial charge in [-0.3, -0.25) is 4.68 Å². The molecule has 0 unspecified atom stereocenters. The zero-order valence-electron chi connectivity index (χ0n) is 12.9. The SMILES string of the molecule is COCCOCCNS(=O)(=O)c1cnc2c(c1)c(C)nn2C. The quantitative estimate of drug-likeness (QED) is 0.697. The Hall–Kier alpha value is -1.55. The highest BCUT2D eigenvalue weighted by molar-refractivity contribution is 7.89. The number of methoxy groups -OCH3 is 1. The van der Waals surface area contributed by atoms with Crippen LogP contribution in [-0.4, -0.2) is 56.7 Å². The van der Waals surface area contributed by atoms with Gasteiger partial charge in [-0.15, -0.1) is 0 Å². The molecule has 8 nitrogen and oxygen atoms in total. The minimum Gasteiger partial charge on any atom is -0.382 e. The maximum Gasteiger partial charge on any atom is 0.242 e. The number of sulfonamides is 1. The molecule has 2 aromatic heterocycles. The standard InChI is InChI=1S/C13H20N4O4S/c1-10-12-8-11(9-14-13(12)17(2)16-10)22(18,19)15-4-5-21-7-6-20-3/h8-9,15H,4-7H2,1-3H3. The molecule has 0 saturated heterocycles. The number of hydrogen-bond acceptors (Lipinski definition) is 6.